The van der Waals surface area contributed by atoms with Crippen LogP contribution < -0.4 is 20.8 Å². The lowest BCUT2D eigenvalue weighted by atomic mass is 10.3. The van der Waals surface area contributed by atoms with Crippen LogP contribution in [0.25, 0.3) is 0 Å². The normalized spacial score (nSPS) is 10.1. The van der Waals surface area contributed by atoms with Crippen LogP contribution in [0.15, 0.2) is 22.4 Å². The molecule has 0 saturated heterocycles. The summed E-state index contributed by atoms with van der Waals surface area (Å²) in [7, 11) is 2.91. The van der Waals surface area contributed by atoms with Crippen molar-refractivity contribution in [1.82, 2.24) is 15.3 Å². The van der Waals surface area contributed by atoms with Crippen molar-refractivity contribution in [2.75, 3.05) is 19.5 Å². The number of carbonyl (C=O) groups excluding carboxylic acids is 2. The van der Waals surface area contributed by atoms with E-state index >= 15 is 0 Å². The van der Waals surface area contributed by atoms with Gasteiger partial charge in [0.1, 0.15) is 5.69 Å². The summed E-state index contributed by atoms with van der Waals surface area (Å²) in [4.78, 5) is 41.7. The summed E-state index contributed by atoms with van der Waals surface area (Å²) in [6, 6.07) is 1.15. The van der Waals surface area contributed by atoms with Gasteiger partial charge in [-0.1, -0.05) is 0 Å². The predicted molar refractivity (Wildman–Crippen MR) is 81.5 cm³/mol. The molecular weight excluding hydrogens is 308 g/mol. The minimum Gasteiger partial charge on any atom is -0.491 e. The Morgan fingerprint density at radius 1 is 1.45 bits per heavy atom. The summed E-state index contributed by atoms with van der Waals surface area (Å²) in [5.41, 5.74) is 0.252. The van der Waals surface area contributed by atoms with E-state index < -0.39 is 11.3 Å². The van der Waals surface area contributed by atoms with Crippen LogP contribution in [-0.2, 0) is 11.2 Å². The van der Waals surface area contributed by atoms with E-state index in [0.717, 1.165) is 6.07 Å². The van der Waals surface area contributed by atoms with Gasteiger partial charge >= 0.3 is 0 Å². The van der Waals surface area contributed by atoms with Crippen molar-refractivity contribution in [1.29, 1.82) is 0 Å². The molecule has 8 nitrogen and oxygen atoms in total. The van der Waals surface area contributed by atoms with E-state index in [1.54, 1.807) is 5.38 Å². The minimum atomic E-state index is -0.499. The molecule has 22 heavy (non-hydrogen) atoms. The quantitative estimate of drug-likeness (QED) is 0.736. The smallest absolute Gasteiger partial charge is 0.273 e. The van der Waals surface area contributed by atoms with Crippen molar-refractivity contribution >= 4 is 28.3 Å². The molecule has 0 atom stereocenters. The number of pyridine rings is 1. The molecular formula is C13H14N4O4S. The highest BCUT2D eigenvalue weighted by atomic mass is 32.1. The average Bonchev–Trinajstić information content (AvgIpc) is 2.93. The molecule has 0 aliphatic rings. The van der Waals surface area contributed by atoms with Crippen LogP contribution in [0.3, 0.4) is 0 Å². The second kappa shape index (κ2) is 6.85. The van der Waals surface area contributed by atoms with Crippen molar-refractivity contribution in [2.24, 2.45) is 0 Å². The fraction of sp³-hybridized carbons (Fsp3) is 0.231. The number of ether oxygens (including phenoxy) is 1. The van der Waals surface area contributed by atoms with Crippen LogP contribution in [0.5, 0.6) is 5.75 Å². The first-order valence-electron chi connectivity index (χ1n) is 6.26. The molecule has 0 spiro atoms. The van der Waals surface area contributed by atoms with Gasteiger partial charge in [-0.25, -0.2) is 4.98 Å². The van der Waals surface area contributed by atoms with Crippen molar-refractivity contribution < 1.29 is 14.3 Å². The number of thiazole rings is 1. The number of hydrogen-bond donors (Lipinski definition) is 3. The Bertz CT molecular complexity index is 752. The van der Waals surface area contributed by atoms with Gasteiger partial charge in [0.2, 0.25) is 11.3 Å². The van der Waals surface area contributed by atoms with Gasteiger partial charge in [0.25, 0.3) is 5.91 Å². The molecule has 0 unspecified atom stereocenters. The monoisotopic (exact) mass is 322 g/mol. The van der Waals surface area contributed by atoms with Crippen molar-refractivity contribution in [3.8, 4) is 5.75 Å². The number of aromatic amines is 1. The maximum Gasteiger partial charge on any atom is 0.273 e. The van der Waals surface area contributed by atoms with Crippen LogP contribution in [0.1, 0.15) is 16.2 Å². The van der Waals surface area contributed by atoms with Crippen LogP contribution in [-0.4, -0.2) is 35.9 Å². The SMILES string of the molecule is CNC(=O)Cc1csc(NC(=O)c2cc(=O)c(OC)c[nH]2)n1. The van der Waals surface area contributed by atoms with E-state index in [0.29, 0.717) is 10.8 Å². The van der Waals surface area contributed by atoms with E-state index in [9.17, 15) is 14.4 Å². The topological polar surface area (TPSA) is 113 Å². The number of carbonyl (C=O) groups is 2. The molecule has 2 amide bonds. The fourth-order valence-corrected chi connectivity index (χ4v) is 2.32. The fourth-order valence-electron chi connectivity index (χ4n) is 1.61. The number of methoxy groups -OCH3 is 1. The maximum atomic E-state index is 12.0. The number of H-pyrrole nitrogens is 1. The average molecular weight is 322 g/mol. The van der Waals surface area contributed by atoms with Gasteiger partial charge in [0.05, 0.1) is 19.2 Å². The largest absolute Gasteiger partial charge is 0.491 e. The van der Waals surface area contributed by atoms with Crippen LogP contribution in [0.4, 0.5) is 5.13 Å². The molecule has 9 heteroatoms. The molecule has 0 saturated carbocycles. The summed E-state index contributed by atoms with van der Waals surface area (Å²) in [6.45, 7) is 0. The van der Waals surface area contributed by atoms with Gasteiger partial charge in [-0.05, 0) is 0 Å². The van der Waals surface area contributed by atoms with Crippen molar-refractivity contribution in [3.63, 3.8) is 0 Å². The molecule has 0 fully saturated rings. The van der Waals surface area contributed by atoms with E-state index in [2.05, 4.69) is 20.6 Å². The summed E-state index contributed by atoms with van der Waals surface area (Å²) in [6.07, 6.45) is 1.46. The number of aromatic nitrogens is 2. The Labute approximate surface area is 129 Å². The number of nitrogens with one attached hydrogen (secondary N) is 3. The lowest BCUT2D eigenvalue weighted by Crippen LogP contribution is -2.20. The molecule has 0 bridgehead atoms. The molecule has 2 aromatic rings. The maximum absolute atomic E-state index is 12.0. The molecule has 2 heterocycles. The molecule has 0 aliphatic heterocycles. The van der Waals surface area contributed by atoms with E-state index in [-0.39, 0.29) is 23.8 Å². The van der Waals surface area contributed by atoms with Crippen LogP contribution >= 0.6 is 11.3 Å². The van der Waals surface area contributed by atoms with Crippen molar-refractivity contribution in [3.05, 3.63) is 39.3 Å². The first-order valence-corrected chi connectivity index (χ1v) is 7.14. The third kappa shape index (κ3) is 3.70. The number of likely N-dealkylation sites (N-methyl/N-ethyl adjacent to an activating group) is 1. The van der Waals surface area contributed by atoms with Crippen molar-refractivity contribution in [2.45, 2.75) is 6.42 Å². The molecule has 0 aliphatic carbocycles. The van der Waals surface area contributed by atoms with Crippen LogP contribution in [0.2, 0.25) is 0 Å². The highest BCUT2D eigenvalue weighted by molar-refractivity contribution is 7.14. The lowest BCUT2D eigenvalue weighted by Gasteiger charge is -2.03. The Morgan fingerprint density at radius 3 is 2.86 bits per heavy atom. The third-order valence-electron chi connectivity index (χ3n) is 2.73. The van der Waals surface area contributed by atoms with E-state index in [1.807, 2.05) is 0 Å². The third-order valence-corrected chi connectivity index (χ3v) is 3.54. The summed E-state index contributed by atoms with van der Waals surface area (Å²) in [5, 5.41) is 7.08. The minimum absolute atomic E-state index is 0.0915. The second-order valence-corrected chi connectivity index (χ2v) is 5.09. The number of rotatable bonds is 5. The number of anilines is 1. The number of nitrogens with zero attached hydrogens (tertiary/aromatic N) is 1. The Hall–Kier alpha value is -2.68. The van der Waals surface area contributed by atoms with Gasteiger partial charge in [-0.3, -0.25) is 19.7 Å². The highest BCUT2D eigenvalue weighted by Crippen LogP contribution is 2.16. The number of amides is 2. The molecule has 116 valence electrons. The summed E-state index contributed by atoms with van der Waals surface area (Å²) >= 11 is 1.20. The molecule has 2 rings (SSSR count). The van der Waals surface area contributed by atoms with E-state index in [1.165, 1.54) is 31.7 Å². The Morgan fingerprint density at radius 2 is 2.23 bits per heavy atom. The number of hydrogen-bond acceptors (Lipinski definition) is 6. The predicted octanol–water partition coefficient (Wildman–Crippen LogP) is 0.381. The standard InChI is InChI=1S/C13H14N4O4S/c1-14-11(19)3-7-6-22-13(16-7)17-12(20)8-4-9(18)10(21-2)5-15-8/h4-6H,3H2,1-2H3,(H,14,19)(H,15,18)(H,16,17,20). The second-order valence-electron chi connectivity index (χ2n) is 4.23. The van der Waals surface area contributed by atoms with Gasteiger partial charge < -0.3 is 15.0 Å². The van der Waals surface area contributed by atoms with E-state index in [4.69, 9.17) is 4.74 Å². The zero-order valence-corrected chi connectivity index (χ0v) is 12.7. The van der Waals surface area contributed by atoms with Gasteiger partial charge in [0, 0.05) is 24.7 Å². The van der Waals surface area contributed by atoms with Gasteiger partial charge in [0.15, 0.2) is 10.9 Å². The molecule has 2 aromatic heterocycles. The molecule has 0 radical (unpaired) electrons. The Kier molecular flexibility index (Phi) is 4.89. The summed E-state index contributed by atoms with van der Waals surface area (Å²) < 4.78 is 4.83. The highest BCUT2D eigenvalue weighted by Gasteiger charge is 2.12. The van der Waals surface area contributed by atoms with Crippen LogP contribution in [0, 0.1) is 0 Å². The molecule has 3 N–H and O–H groups in total. The zero-order chi connectivity index (χ0) is 16.1. The first kappa shape index (κ1) is 15.7. The summed E-state index contributed by atoms with van der Waals surface area (Å²) in [5.74, 6) is -0.540. The zero-order valence-electron chi connectivity index (χ0n) is 11.9. The first-order chi connectivity index (χ1) is 10.5. The lowest BCUT2D eigenvalue weighted by molar-refractivity contribution is -0.120. The van der Waals surface area contributed by atoms with Gasteiger partial charge in [-0.15, -0.1) is 11.3 Å². The van der Waals surface area contributed by atoms with Gasteiger partial charge in [-0.2, -0.15) is 0 Å². The molecule has 0 aromatic carbocycles. The Balaban J connectivity index is 2.07.